The van der Waals surface area contributed by atoms with Crippen LogP contribution in [0.1, 0.15) is 5.56 Å². The fourth-order valence-electron chi connectivity index (χ4n) is 3.07. The first kappa shape index (κ1) is 22.8. The number of para-hydroxylation sites is 2. The molecule has 1 aromatic heterocycles. The van der Waals surface area contributed by atoms with Crippen molar-refractivity contribution in [3.05, 3.63) is 88.9 Å². The minimum absolute atomic E-state index is 0.134. The van der Waals surface area contributed by atoms with E-state index in [1.807, 2.05) is 83.4 Å². The van der Waals surface area contributed by atoms with Crippen molar-refractivity contribution in [3.63, 3.8) is 0 Å². The monoisotopic (exact) mass is 521 g/mol. The number of benzene rings is 3. The molecule has 0 spiro atoms. The maximum atomic E-state index is 12.4. The van der Waals surface area contributed by atoms with Crippen molar-refractivity contribution in [2.45, 2.75) is 5.16 Å². The predicted octanol–water partition coefficient (Wildman–Crippen LogP) is 4.95. The van der Waals surface area contributed by atoms with Crippen LogP contribution in [0.4, 0.5) is 0 Å². The fourth-order valence-corrected chi connectivity index (χ4v) is 4.08. The first-order valence-electron chi connectivity index (χ1n) is 10.00. The Morgan fingerprint density at radius 2 is 1.79 bits per heavy atom. The first-order valence-corrected chi connectivity index (χ1v) is 11.8. The summed E-state index contributed by atoms with van der Waals surface area (Å²) in [6.07, 6.45) is 1.56. The number of hydrogen-bond acceptors (Lipinski definition) is 6. The smallest absolute Gasteiger partial charge is 0.250 e. The van der Waals surface area contributed by atoms with Crippen molar-refractivity contribution in [1.82, 2.24) is 20.2 Å². The number of rotatable bonds is 8. The Hall–Kier alpha value is -3.43. The molecular formula is C24H20BrN5O2S. The van der Waals surface area contributed by atoms with Crippen LogP contribution in [0.5, 0.6) is 5.75 Å². The van der Waals surface area contributed by atoms with Gasteiger partial charge in [-0.3, -0.25) is 9.36 Å². The van der Waals surface area contributed by atoms with Crippen LogP contribution >= 0.6 is 27.7 Å². The molecule has 166 valence electrons. The van der Waals surface area contributed by atoms with E-state index < -0.39 is 0 Å². The van der Waals surface area contributed by atoms with E-state index in [2.05, 4.69) is 36.7 Å². The zero-order valence-electron chi connectivity index (χ0n) is 17.7. The molecule has 1 N–H and O–H groups in total. The summed E-state index contributed by atoms with van der Waals surface area (Å²) in [5, 5.41) is 13.4. The number of thioether (sulfide) groups is 1. The summed E-state index contributed by atoms with van der Waals surface area (Å²) in [4.78, 5) is 12.4. The molecule has 0 aliphatic carbocycles. The molecule has 3 aromatic carbocycles. The number of nitrogens with zero attached hydrogens (tertiary/aromatic N) is 4. The Morgan fingerprint density at radius 3 is 2.55 bits per heavy atom. The van der Waals surface area contributed by atoms with Gasteiger partial charge in [0.15, 0.2) is 11.0 Å². The molecule has 9 heteroatoms. The third-order valence-corrected chi connectivity index (χ3v) is 6.07. The van der Waals surface area contributed by atoms with Crippen molar-refractivity contribution in [2.75, 3.05) is 12.9 Å². The highest BCUT2D eigenvalue weighted by atomic mass is 79.9. The summed E-state index contributed by atoms with van der Waals surface area (Å²) in [7, 11) is 1.59. The van der Waals surface area contributed by atoms with Crippen LogP contribution in [-0.4, -0.2) is 39.7 Å². The Balaban J connectivity index is 1.49. The number of aromatic nitrogens is 3. The third-order valence-electron chi connectivity index (χ3n) is 4.61. The van der Waals surface area contributed by atoms with Gasteiger partial charge < -0.3 is 4.74 Å². The van der Waals surface area contributed by atoms with Crippen molar-refractivity contribution in [1.29, 1.82) is 0 Å². The molecule has 0 unspecified atom stereocenters. The second-order valence-corrected chi connectivity index (χ2v) is 8.67. The van der Waals surface area contributed by atoms with Crippen LogP contribution < -0.4 is 10.2 Å². The Bertz CT molecular complexity index is 1260. The third kappa shape index (κ3) is 5.68. The lowest BCUT2D eigenvalue weighted by atomic mass is 10.2. The number of carbonyl (C=O) groups excluding carboxylic acids is 1. The van der Waals surface area contributed by atoms with E-state index in [0.29, 0.717) is 16.7 Å². The molecule has 4 aromatic rings. The van der Waals surface area contributed by atoms with E-state index in [1.165, 1.54) is 11.8 Å². The summed E-state index contributed by atoms with van der Waals surface area (Å²) in [5.74, 6) is 1.26. The van der Waals surface area contributed by atoms with Gasteiger partial charge in [-0.1, -0.05) is 70.2 Å². The molecule has 0 aliphatic rings. The number of amides is 1. The number of nitrogens with one attached hydrogen (secondary N) is 1. The van der Waals surface area contributed by atoms with Gasteiger partial charge in [-0.05, 0) is 36.4 Å². The van der Waals surface area contributed by atoms with Gasteiger partial charge in [-0.2, -0.15) is 5.10 Å². The summed E-state index contributed by atoms with van der Waals surface area (Å²) in [5.41, 5.74) is 5.16. The second kappa shape index (κ2) is 10.9. The molecule has 33 heavy (non-hydrogen) atoms. The molecule has 0 atom stereocenters. The lowest BCUT2D eigenvalue weighted by Gasteiger charge is -2.10. The number of ether oxygens (including phenoxy) is 1. The normalized spacial score (nSPS) is 11.0. The minimum atomic E-state index is -0.251. The van der Waals surface area contributed by atoms with Crippen molar-refractivity contribution in [2.24, 2.45) is 5.10 Å². The second-order valence-electron chi connectivity index (χ2n) is 6.81. The van der Waals surface area contributed by atoms with E-state index in [0.717, 1.165) is 21.3 Å². The van der Waals surface area contributed by atoms with Gasteiger partial charge in [-0.25, -0.2) is 5.43 Å². The Kier molecular flexibility index (Phi) is 7.54. The van der Waals surface area contributed by atoms with Crippen molar-refractivity contribution >= 4 is 39.8 Å². The van der Waals surface area contributed by atoms with E-state index in [-0.39, 0.29) is 11.7 Å². The molecule has 0 radical (unpaired) electrons. The van der Waals surface area contributed by atoms with Crippen LogP contribution in [0.3, 0.4) is 0 Å². The van der Waals surface area contributed by atoms with Crippen LogP contribution in [0, 0.1) is 0 Å². The fraction of sp³-hybridized carbons (Fsp3) is 0.0833. The molecule has 0 aliphatic heterocycles. The van der Waals surface area contributed by atoms with Crippen molar-refractivity contribution < 1.29 is 9.53 Å². The van der Waals surface area contributed by atoms with Crippen LogP contribution in [0.15, 0.2) is 93.6 Å². The summed E-state index contributed by atoms with van der Waals surface area (Å²) in [6, 6.07) is 25.1. The van der Waals surface area contributed by atoms with Crippen molar-refractivity contribution in [3.8, 4) is 22.8 Å². The Morgan fingerprint density at radius 1 is 1.06 bits per heavy atom. The highest BCUT2D eigenvalue weighted by molar-refractivity contribution is 9.10. The summed E-state index contributed by atoms with van der Waals surface area (Å²) >= 11 is 4.75. The van der Waals surface area contributed by atoms with Gasteiger partial charge in [-0.15, -0.1) is 10.2 Å². The molecule has 1 heterocycles. The molecule has 0 saturated heterocycles. The number of methoxy groups -OCH3 is 1. The van der Waals surface area contributed by atoms with Gasteiger partial charge >= 0.3 is 0 Å². The maximum absolute atomic E-state index is 12.4. The zero-order chi connectivity index (χ0) is 23.0. The van der Waals surface area contributed by atoms with Crippen LogP contribution in [0.2, 0.25) is 0 Å². The quantitative estimate of drug-likeness (QED) is 0.201. The number of halogens is 1. The van der Waals surface area contributed by atoms with Gasteiger partial charge in [0.25, 0.3) is 5.91 Å². The van der Waals surface area contributed by atoms with Gasteiger partial charge in [0.05, 0.1) is 19.1 Å². The largest absolute Gasteiger partial charge is 0.496 e. The zero-order valence-corrected chi connectivity index (χ0v) is 20.1. The SMILES string of the molecule is COc1ccccc1/C=N\NC(=O)CSc1nnc(-c2ccc(Br)cc2)n1-c1ccccc1. The number of hydrogen-bond donors (Lipinski definition) is 1. The molecule has 0 saturated carbocycles. The van der Waals surface area contributed by atoms with Crippen LogP contribution in [-0.2, 0) is 4.79 Å². The molecule has 4 rings (SSSR count). The van der Waals surface area contributed by atoms with Crippen LogP contribution in [0.25, 0.3) is 17.1 Å². The van der Waals surface area contributed by atoms with E-state index in [1.54, 1.807) is 13.3 Å². The Labute approximate surface area is 204 Å². The molecule has 0 bridgehead atoms. The van der Waals surface area contributed by atoms with Gasteiger partial charge in [0.1, 0.15) is 5.75 Å². The number of hydrazone groups is 1. The summed E-state index contributed by atoms with van der Waals surface area (Å²) in [6.45, 7) is 0. The minimum Gasteiger partial charge on any atom is -0.496 e. The maximum Gasteiger partial charge on any atom is 0.250 e. The lowest BCUT2D eigenvalue weighted by molar-refractivity contribution is -0.118. The van der Waals surface area contributed by atoms with E-state index in [4.69, 9.17) is 4.74 Å². The molecular weight excluding hydrogens is 502 g/mol. The standard InChI is InChI=1S/C24H20BrN5O2S/c1-32-21-10-6-5-7-18(21)15-26-27-22(31)16-33-24-29-28-23(17-11-13-19(25)14-12-17)30(24)20-8-3-2-4-9-20/h2-15H,16H2,1H3,(H,27,31)/b26-15-. The van der Waals surface area contributed by atoms with E-state index in [9.17, 15) is 4.79 Å². The first-order chi connectivity index (χ1) is 16.2. The van der Waals surface area contributed by atoms with E-state index >= 15 is 0 Å². The topological polar surface area (TPSA) is 81.4 Å². The molecule has 1 amide bonds. The molecule has 7 nitrogen and oxygen atoms in total. The predicted molar refractivity (Wildman–Crippen MR) is 134 cm³/mol. The highest BCUT2D eigenvalue weighted by Gasteiger charge is 2.17. The van der Waals surface area contributed by atoms with Gasteiger partial charge in [0, 0.05) is 21.3 Å². The highest BCUT2D eigenvalue weighted by Crippen LogP contribution is 2.28. The average molecular weight is 522 g/mol. The van der Waals surface area contributed by atoms with Gasteiger partial charge in [0.2, 0.25) is 0 Å². The number of carbonyl (C=O) groups is 1. The summed E-state index contributed by atoms with van der Waals surface area (Å²) < 4.78 is 8.21. The average Bonchev–Trinajstić information content (AvgIpc) is 3.28. The molecule has 0 fully saturated rings. The lowest BCUT2D eigenvalue weighted by Crippen LogP contribution is -2.20.